The molecule has 0 rings (SSSR count). The zero-order chi connectivity index (χ0) is 54.3. The van der Waals surface area contributed by atoms with E-state index in [9.17, 15) is 14.4 Å². The van der Waals surface area contributed by atoms with Gasteiger partial charge in [0.1, 0.15) is 13.2 Å². The highest BCUT2D eigenvalue weighted by atomic mass is 16.6. The minimum Gasteiger partial charge on any atom is -0.462 e. The third-order valence-corrected chi connectivity index (χ3v) is 15.8. The molecule has 0 spiro atoms. The van der Waals surface area contributed by atoms with Crippen LogP contribution in [-0.2, 0) is 28.6 Å². The van der Waals surface area contributed by atoms with Crippen LogP contribution in [0.2, 0.25) is 0 Å². The van der Waals surface area contributed by atoms with E-state index in [1.807, 2.05) is 0 Å². The van der Waals surface area contributed by atoms with Gasteiger partial charge in [-0.2, -0.15) is 0 Å². The number of allylic oxidation sites excluding steroid dienone is 2. The Labute approximate surface area is 469 Å². The largest absolute Gasteiger partial charge is 0.462 e. The molecule has 0 radical (unpaired) electrons. The van der Waals surface area contributed by atoms with Crippen molar-refractivity contribution in [1.82, 2.24) is 0 Å². The Bertz CT molecular complexity index is 1170. The van der Waals surface area contributed by atoms with E-state index in [1.54, 1.807) is 0 Å². The van der Waals surface area contributed by atoms with Gasteiger partial charge in [0.05, 0.1) is 0 Å². The standard InChI is InChI=1S/C69H132O6/c1-4-7-10-13-16-19-22-25-27-28-29-30-31-32-33-34-35-36-37-38-39-40-42-44-47-50-53-56-59-62-68(71)74-65-66(64-73-67(70)61-58-55-52-49-46-43-24-21-18-15-12-9-6-3)75-69(72)63-60-57-54-51-48-45-41-26-23-20-17-14-11-8-5-2/h28-29,66H,4-27,30-65H2,1-3H3/b29-28-. The maximum Gasteiger partial charge on any atom is 0.306 e. The van der Waals surface area contributed by atoms with Crippen LogP contribution in [0.4, 0.5) is 0 Å². The molecule has 75 heavy (non-hydrogen) atoms. The second kappa shape index (κ2) is 64.7. The first-order chi connectivity index (χ1) is 37.0. The number of hydrogen-bond donors (Lipinski definition) is 0. The van der Waals surface area contributed by atoms with Crippen molar-refractivity contribution in [3.63, 3.8) is 0 Å². The van der Waals surface area contributed by atoms with Crippen LogP contribution < -0.4 is 0 Å². The molecule has 0 N–H and O–H groups in total. The number of ether oxygens (including phenoxy) is 3. The summed E-state index contributed by atoms with van der Waals surface area (Å²) in [5.74, 6) is -0.829. The van der Waals surface area contributed by atoms with Crippen LogP contribution in [-0.4, -0.2) is 37.2 Å². The van der Waals surface area contributed by atoms with Crippen molar-refractivity contribution in [2.24, 2.45) is 0 Å². The van der Waals surface area contributed by atoms with Crippen LogP contribution >= 0.6 is 0 Å². The van der Waals surface area contributed by atoms with E-state index >= 15 is 0 Å². The summed E-state index contributed by atoms with van der Waals surface area (Å²) in [6, 6.07) is 0. The van der Waals surface area contributed by atoms with Crippen LogP contribution in [0.15, 0.2) is 12.2 Å². The second-order valence-corrected chi connectivity index (χ2v) is 23.5. The Balaban J connectivity index is 4.12. The summed E-state index contributed by atoms with van der Waals surface area (Å²) in [6.45, 7) is 6.72. The van der Waals surface area contributed by atoms with Gasteiger partial charge >= 0.3 is 17.9 Å². The maximum atomic E-state index is 12.9. The summed E-state index contributed by atoms with van der Waals surface area (Å²) in [4.78, 5) is 38.3. The SMILES string of the molecule is CCCCCCCCCC/C=C\CCCCCCCCCCCCCCCCCCCC(=O)OCC(COC(=O)CCCCCCCCCCCCCCC)OC(=O)CCCCCCCCCCCCCCCCC. The Kier molecular flexibility index (Phi) is 63.1. The lowest BCUT2D eigenvalue weighted by molar-refractivity contribution is -0.167. The van der Waals surface area contributed by atoms with E-state index in [4.69, 9.17) is 14.2 Å². The number of rotatable bonds is 64. The molecule has 0 saturated carbocycles. The highest BCUT2D eigenvalue weighted by Gasteiger charge is 2.19. The fourth-order valence-corrected chi connectivity index (χ4v) is 10.6. The molecular weight excluding hydrogens is 925 g/mol. The third-order valence-electron chi connectivity index (χ3n) is 15.8. The molecule has 0 saturated heterocycles. The van der Waals surface area contributed by atoms with Crippen molar-refractivity contribution in [1.29, 1.82) is 0 Å². The molecule has 0 aliphatic rings. The van der Waals surface area contributed by atoms with Gasteiger partial charge in [-0.05, 0) is 44.9 Å². The molecular formula is C69H132O6. The molecule has 6 nitrogen and oxygen atoms in total. The summed E-state index contributed by atoms with van der Waals surface area (Å²) in [5.41, 5.74) is 0. The lowest BCUT2D eigenvalue weighted by Gasteiger charge is -2.18. The topological polar surface area (TPSA) is 78.9 Å². The zero-order valence-corrected chi connectivity index (χ0v) is 51.1. The van der Waals surface area contributed by atoms with Gasteiger partial charge in [-0.3, -0.25) is 14.4 Å². The van der Waals surface area contributed by atoms with Crippen LogP contribution in [0.3, 0.4) is 0 Å². The zero-order valence-electron chi connectivity index (χ0n) is 51.1. The molecule has 0 amide bonds. The fourth-order valence-electron chi connectivity index (χ4n) is 10.6. The predicted molar refractivity (Wildman–Crippen MR) is 326 cm³/mol. The Morgan fingerprint density at radius 1 is 0.253 bits per heavy atom. The van der Waals surface area contributed by atoms with E-state index in [0.717, 1.165) is 57.8 Å². The molecule has 1 atom stereocenters. The average Bonchev–Trinajstić information content (AvgIpc) is 3.41. The molecule has 0 fully saturated rings. The van der Waals surface area contributed by atoms with Crippen molar-refractivity contribution in [3.8, 4) is 0 Å². The van der Waals surface area contributed by atoms with E-state index in [0.29, 0.717) is 19.3 Å². The first-order valence-electron chi connectivity index (χ1n) is 34.2. The fraction of sp³-hybridized carbons (Fsp3) is 0.928. The normalized spacial score (nSPS) is 12.0. The minimum atomic E-state index is -0.764. The molecule has 0 aromatic rings. The van der Waals surface area contributed by atoms with Crippen molar-refractivity contribution < 1.29 is 28.6 Å². The Morgan fingerprint density at radius 3 is 0.667 bits per heavy atom. The molecule has 1 unspecified atom stereocenters. The maximum absolute atomic E-state index is 12.9. The first-order valence-corrected chi connectivity index (χ1v) is 34.2. The van der Waals surface area contributed by atoms with E-state index < -0.39 is 6.10 Å². The molecule has 0 bridgehead atoms. The smallest absolute Gasteiger partial charge is 0.306 e. The van der Waals surface area contributed by atoms with Gasteiger partial charge < -0.3 is 14.2 Å². The van der Waals surface area contributed by atoms with E-state index in [2.05, 4.69) is 32.9 Å². The van der Waals surface area contributed by atoms with Gasteiger partial charge in [0, 0.05) is 19.3 Å². The van der Waals surface area contributed by atoms with Crippen molar-refractivity contribution in [2.45, 2.75) is 399 Å². The molecule has 444 valence electrons. The molecule has 0 heterocycles. The summed E-state index contributed by atoms with van der Waals surface area (Å²) in [5, 5.41) is 0. The third kappa shape index (κ3) is 62.9. The van der Waals surface area contributed by atoms with Crippen LogP contribution in [0.5, 0.6) is 0 Å². The Hall–Kier alpha value is -1.85. The van der Waals surface area contributed by atoms with Gasteiger partial charge in [-0.25, -0.2) is 0 Å². The summed E-state index contributed by atoms with van der Waals surface area (Å²) in [6.07, 6.45) is 76.7. The van der Waals surface area contributed by atoms with Crippen molar-refractivity contribution in [3.05, 3.63) is 12.2 Å². The quantitative estimate of drug-likeness (QED) is 0.0261. The van der Waals surface area contributed by atoms with Gasteiger partial charge in [0.25, 0.3) is 0 Å². The van der Waals surface area contributed by atoms with Gasteiger partial charge in [0.2, 0.25) is 0 Å². The number of hydrogen-bond acceptors (Lipinski definition) is 6. The van der Waals surface area contributed by atoms with Gasteiger partial charge in [-0.15, -0.1) is 0 Å². The minimum absolute atomic E-state index is 0.0623. The average molecular weight is 1060 g/mol. The highest BCUT2D eigenvalue weighted by molar-refractivity contribution is 5.71. The lowest BCUT2D eigenvalue weighted by atomic mass is 10.0. The van der Waals surface area contributed by atoms with Crippen LogP contribution in [0.25, 0.3) is 0 Å². The van der Waals surface area contributed by atoms with Gasteiger partial charge in [-0.1, -0.05) is 341 Å². The van der Waals surface area contributed by atoms with Crippen LogP contribution in [0.1, 0.15) is 393 Å². The molecule has 0 aromatic carbocycles. The number of esters is 3. The van der Waals surface area contributed by atoms with Gasteiger partial charge in [0.15, 0.2) is 6.10 Å². The van der Waals surface area contributed by atoms with Crippen molar-refractivity contribution >= 4 is 17.9 Å². The monoisotopic (exact) mass is 1060 g/mol. The highest BCUT2D eigenvalue weighted by Crippen LogP contribution is 2.19. The summed E-state index contributed by atoms with van der Waals surface area (Å²) < 4.78 is 17.0. The summed E-state index contributed by atoms with van der Waals surface area (Å²) >= 11 is 0. The molecule has 0 aliphatic carbocycles. The number of unbranched alkanes of at least 4 members (excludes halogenated alkanes) is 51. The van der Waals surface area contributed by atoms with E-state index in [1.165, 1.54) is 295 Å². The van der Waals surface area contributed by atoms with Crippen LogP contribution in [0, 0.1) is 0 Å². The Morgan fingerprint density at radius 2 is 0.440 bits per heavy atom. The number of carbonyl (C=O) groups excluding carboxylic acids is 3. The predicted octanol–water partition coefficient (Wildman–Crippen LogP) is 23.2. The molecule has 0 aromatic heterocycles. The molecule has 0 aliphatic heterocycles. The first kappa shape index (κ1) is 73.2. The van der Waals surface area contributed by atoms with E-state index in [-0.39, 0.29) is 31.1 Å². The lowest BCUT2D eigenvalue weighted by Crippen LogP contribution is -2.30. The molecule has 6 heteroatoms. The summed E-state index contributed by atoms with van der Waals surface area (Å²) in [7, 11) is 0. The van der Waals surface area contributed by atoms with Crippen molar-refractivity contribution in [2.75, 3.05) is 13.2 Å². The second-order valence-electron chi connectivity index (χ2n) is 23.5. The number of carbonyl (C=O) groups is 3.